The Morgan fingerprint density at radius 1 is 1.33 bits per heavy atom. The molecule has 0 N–H and O–H groups in total. The molecule has 0 saturated carbocycles. The molecule has 0 bridgehead atoms. The predicted octanol–water partition coefficient (Wildman–Crippen LogP) is 3.99. The van der Waals surface area contributed by atoms with E-state index in [2.05, 4.69) is 20.9 Å². The number of hydrogen-bond acceptors (Lipinski definition) is 3. The van der Waals surface area contributed by atoms with E-state index in [-0.39, 0.29) is 11.7 Å². The van der Waals surface area contributed by atoms with Gasteiger partial charge in [-0.2, -0.15) is 4.99 Å². The molecule has 1 heterocycles. The number of fused-ring (bicyclic) bond motifs is 1. The molecule has 1 amide bonds. The molecule has 124 valence electrons. The SMILES string of the molecule is COCCn1c(=NC(=O)c2cccc(Br)c2)sc2cc(F)ccc21. The Hall–Kier alpha value is -1.83. The van der Waals surface area contributed by atoms with Crippen LogP contribution in [0.4, 0.5) is 4.39 Å². The number of halogens is 2. The largest absolute Gasteiger partial charge is 0.383 e. The second kappa shape index (κ2) is 7.38. The van der Waals surface area contributed by atoms with Gasteiger partial charge in [0, 0.05) is 23.7 Å². The first-order valence-corrected chi connectivity index (χ1v) is 8.82. The highest BCUT2D eigenvalue weighted by molar-refractivity contribution is 9.10. The Morgan fingerprint density at radius 2 is 2.17 bits per heavy atom. The minimum absolute atomic E-state index is 0.312. The second-order valence-electron chi connectivity index (χ2n) is 5.07. The lowest BCUT2D eigenvalue weighted by atomic mass is 10.2. The summed E-state index contributed by atoms with van der Waals surface area (Å²) in [6.07, 6.45) is 0. The second-order valence-corrected chi connectivity index (χ2v) is 6.99. The van der Waals surface area contributed by atoms with Gasteiger partial charge in [-0.15, -0.1) is 0 Å². The van der Waals surface area contributed by atoms with Gasteiger partial charge in [-0.1, -0.05) is 33.3 Å². The van der Waals surface area contributed by atoms with E-state index in [1.54, 1.807) is 31.4 Å². The first kappa shape index (κ1) is 17.0. The number of thiazole rings is 1. The van der Waals surface area contributed by atoms with Crippen LogP contribution in [-0.2, 0) is 11.3 Å². The number of nitrogens with zero attached hydrogens (tertiary/aromatic N) is 2. The van der Waals surface area contributed by atoms with Crippen molar-refractivity contribution < 1.29 is 13.9 Å². The standard InChI is InChI=1S/C17H14BrFN2O2S/c1-23-8-7-21-14-6-5-13(19)10-15(14)24-17(21)20-16(22)11-3-2-4-12(18)9-11/h2-6,9-10H,7-8H2,1H3. The number of amides is 1. The molecule has 3 aromatic rings. The number of benzene rings is 2. The van der Waals surface area contributed by atoms with Crippen LogP contribution >= 0.6 is 27.3 Å². The lowest BCUT2D eigenvalue weighted by molar-refractivity contribution is 0.0997. The highest BCUT2D eigenvalue weighted by atomic mass is 79.9. The van der Waals surface area contributed by atoms with Gasteiger partial charge in [0.2, 0.25) is 0 Å². The van der Waals surface area contributed by atoms with E-state index < -0.39 is 0 Å². The molecule has 0 aliphatic rings. The summed E-state index contributed by atoms with van der Waals surface area (Å²) in [4.78, 5) is 17.2. The summed E-state index contributed by atoms with van der Waals surface area (Å²) in [6, 6.07) is 11.6. The van der Waals surface area contributed by atoms with Gasteiger partial charge in [0.25, 0.3) is 5.91 Å². The van der Waals surface area contributed by atoms with Crippen molar-refractivity contribution in [2.24, 2.45) is 4.99 Å². The molecule has 0 aliphatic heterocycles. The molecule has 24 heavy (non-hydrogen) atoms. The summed E-state index contributed by atoms with van der Waals surface area (Å²) in [6.45, 7) is 1.01. The summed E-state index contributed by atoms with van der Waals surface area (Å²) < 4.78 is 22.0. The van der Waals surface area contributed by atoms with E-state index in [1.807, 2.05) is 10.6 Å². The molecule has 7 heteroatoms. The maximum Gasteiger partial charge on any atom is 0.279 e. The minimum Gasteiger partial charge on any atom is -0.383 e. The van der Waals surface area contributed by atoms with Gasteiger partial charge in [0.15, 0.2) is 4.80 Å². The van der Waals surface area contributed by atoms with Crippen molar-refractivity contribution in [1.82, 2.24) is 4.57 Å². The minimum atomic E-state index is -0.338. The number of hydrogen-bond donors (Lipinski definition) is 0. The fourth-order valence-corrected chi connectivity index (χ4v) is 3.78. The maximum absolute atomic E-state index is 13.5. The Balaban J connectivity index is 2.11. The zero-order valence-electron chi connectivity index (χ0n) is 12.8. The van der Waals surface area contributed by atoms with Crippen molar-refractivity contribution >= 4 is 43.4 Å². The summed E-state index contributed by atoms with van der Waals surface area (Å²) in [5.74, 6) is -0.651. The molecule has 4 nitrogen and oxygen atoms in total. The lowest BCUT2D eigenvalue weighted by Crippen LogP contribution is -2.19. The Morgan fingerprint density at radius 3 is 2.92 bits per heavy atom. The van der Waals surface area contributed by atoms with Gasteiger partial charge in [-0.25, -0.2) is 4.39 Å². The third kappa shape index (κ3) is 3.63. The van der Waals surface area contributed by atoms with Crippen LogP contribution in [-0.4, -0.2) is 24.2 Å². The highest BCUT2D eigenvalue weighted by Crippen LogP contribution is 2.19. The fourth-order valence-electron chi connectivity index (χ4n) is 2.30. The molecule has 0 aliphatic carbocycles. The maximum atomic E-state index is 13.5. The van der Waals surface area contributed by atoms with Crippen LogP contribution in [0.1, 0.15) is 10.4 Å². The molecule has 2 aromatic carbocycles. The van der Waals surface area contributed by atoms with Gasteiger partial charge in [-0.3, -0.25) is 4.79 Å². The first-order valence-electron chi connectivity index (χ1n) is 7.21. The van der Waals surface area contributed by atoms with E-state index >= 15 is 0 Å². The monoisotopic (exact) mass is 408 g/mol. The van der Waals surface area contributed by atoms with Gasteiger partial charge in [-0.05, 0) is 36.4 Å². The van der Waals surface area contributed by atoms with Crippen molar-refractivity contribution in [3.05, 3.63) is 63.1 Å². The van der Waals surface area contributed by atoms with Crippen LogP contribution in [0.25, 0.3) is 10.2 Å². The van der Waals surface area contributed by atoms with Crippen molar-refractivity contribution in [2.45, 2.75) is 6.54 Å². The quantitative estimate of drug-likeness (QED) is 0.654. The molecule has 0 radical (unpaired) electrons. The molecule has 0 unspecified atom stereocenters. The fraction of sp³-hybridized carbons (Fsp3) is 0.176. The van der Waals surface area contributed by atoms with Crippen molar-refractivity contribution in [1.29, 1.82) is 0 Å². The number of aromatic nitrogens is 1. The van der Waals surface area contributed by atoms with E-state index in [0.29, 0.717) is 23.5 Å². The molecule has 0 spiro atoms. The Labute approximate surface area is 150 Å². The summed E-state index contributed by atoms with van der Waals surface area (Å²) in [5, 5.41) is 0. The summed E-state index contributed by atoms with van der Waals surface area (Å²) >= 11 is 4.63. The normalized spacial score (nSPS) is 12.0. The molecule has 0 atom stereocenters. The van der Waals surface area contributed by atoms with Gasteiger partial charge in [0.1, 0.15) is 5.82 Å². The van der Waals surface area contributed by atoms with Crippen LogP contribution in [0.15, 0.2) is 51.9 Å². The average Bonchev–Trinajstić information content (AvgIpc) is 2.89. The van der Waals surface area contributed by atoms with Crippen LogP contribution in [0.2, 0.25) is 0 Å². The number of ether oxygens (including phenoxy) is 1. The number of rotatable bonds is 4. The lowest BCUT2D eigenvalue weighted by Gasteiger charge is -2.04. The number of methoxy groups -OCH3 is 1. The van der Waals surface area contributed by atoms with Crippen molar-refractivity contribution in [3.8, 4) is 0 Å². The van der Waals surface area contributed by atoms with Crippen LogP contribution in [0.3, 0.4) is 0 Å². The Bertz CT molecular complexity index is 965. The number of carbonyl (C=O) groups is 1. The highest BCUT2D eigenvalue weighted by Gasteiger charge is 2.10. The third-order valence-corrected chi connectivity index (χ3v) is 4.97. The molecular weight excluding hydrogens is 395 g/mol. The Kier molecular flexibility index (Phi) is 5.23. The average molecular weight is 409 g/mol. The van der Waals surface area contributed by atoms with E-state index in [4.69, 9.17) is 4.74 Å². The molecule has 0 saturated heterocycles. The van der Waals surface area contributed by atoms with Gasteiger partial charge >= 0.3 is 0 Å². The first-order chi connectivity index (χ1) is 11.6. The summed E-state index contributed by atoms with van der Waals surface area (Å²) in [5.41, 5.74) is 1.32. The summed E-state index contributed by atoms with van der Waals surface area (Å²) in [7, 11) is 1.61. The topological polar surface area (TPSA) is 43.6 Å². The van der Waals surface area contributed by atoms with Crippen LogP contribution in [0, 0.1) is 5.82 Å². The van der Waals surface area contributed by atoms with E-state index in [1.165, 1.54) is 23.5 Å². The van der Waals surface area contributed by atoms with Crippen LogP contribution < -0.4 is 4.80 Å². The zero-order valence-corrected chi connectivity index (χ0v) is 15.2. The third-order valence-electron chi connectivity index (χ3n) is 3.43. The van der Waals surface area contributed by atoms with E-state index in [0.717, 1.165) is 14.7 Å². The van der Waals surface area contributed by atoms with Crippen molar-refractivity contribution in [2.75, 3.05) is 13.7 Å². The predicted molar refractivity (Wildman–Crippen MR) is 95.7 cm³/mol. The van der Waals surface area contributed by atoms with Gasteiger partial charge < -0.3 is 9.30 Å². The van der Waals surface area contributed by atoms with E-state index in [9.17, 15) is 9.18 Å². The molecule has 0 fully saturated rings. The molecule has 3 rings (SSSR count). The zero-order chi connectivity index (χ0) is 17.1. The number of carbonyl (C=O) groups excluding carboxylic acids is 1. The van der Waals surface area contributed by atoms with Gasteiger partial charge in [0.05, 0.1) is 16.8 Å². The smallest absolute Gasteiger partial charge is 0.279 e. The molecular formula is C17H14BrFN2O2S. The molecule has 1 aromatic heterocycles. The van der Waals surface area contributed by atoms with Crippen molar-refractivity contribution in [3.63, 3.8) is 0 Å². The van der Waals surface area contributed by atoms with Crippen LogP contribution in [0.5, 0.6) is 0 Å².